The topological polar surface area (TPSA) is 72.6 Å². The van der Waals surface area contributed by atoms with Crippen molar-refractivity contribution in [1.29, 1.82) is 0 Å². The summed E-state index contributed by atoms with van der Waals surface area (Å²) in [6.45, 7) is 9.19. The molecule has 0 aliphatic carbocycles. The second kappa shape index (κ2) is 6.00. The molecule has 0 aliphatic heterocycles. The molecule has 0 radical (unpaired) electrons. The fourth-order valence-electron chi connectivity index (χ4n) is 1.28. The third kappa shape index (κ3) is 6.26. The summed E-state index contributed by atoms with van der Waals surface area (Å²) < 4.78 is 5.09. The molecule has 0 saturated carbocycles. The van der Waals surface area contributed by atoms with Gasteiger partial charge in [-0.3, -0.25) is 4.79 Å². The van der Waals surface area contributed by atoms with Crippen LogP contribution in [-0.2, 0) is 9.53 Å². The Bertz CT molecular complexity index is 282. The Hall–Kier alpha value is -1.10. The van der Waals surface area contributed by atoms with Gasteiger partial charge >= 0.3 is 6.09 Å². The van der Waals surface area contributed by atoms with E-state index < -0.39 is 23.6 Å². The van der Waals surface area contributed by atoms with E-state index in [1.807, 2.05) is 13.8 Å². The molecule has 0 rings (SSSR count). The maximum Gasteiger partial charge on any atom is 0.416 e. The molecule has 2 amide bonds. The van der Waals surface area contributed by atoms with E-state index in [2.05, 4.69) is 0 Å². The van der Waals surface area contributed by atoms with Crippen molar-refractivity contribution < 1.29 is 14.3 Å². The first-order valence-electron chi connectivity index (χ1n) is 5.80. The second-order valence-electron chi connectivity index (χ2n) is 5.61. The van der Waals surface area contributed by atoms with E-state index in [0.29, 0.717) is 12.3 Å². The summed E-state index contributed by atoms with van der Waals surface area (Å²) in [4.78, 5) is 24.4. The molecule has 0 aromatic carbocycles. The van der Waals surface area contributed by atoms with Crippen molar-refractivity contribution in [2.45, 2.75) is 52.7 Å². The largest absolute Gasteiger partial charge is 0.443 e. The van der Waals surface area contributed by atoms with Crippen LogP contribution in [0.25, 0.3) is 0 Å². The Morgan fingerprint density at radius 3 is 2.12 bits per heavy atom. The van der Waals surface area contributed by atoms with Gasteiger partial charge in [0.15, 0.2) is 0 Å². The molecule has 1 atom stereocenters. The number of nitrogens with zero attached hydrogens (tertiary/aromatic N) is 1. The molecule has 100 valence electrons. The molecule has 0 aromatic rings. The molecule has 2 N–H and O–H groups in total. The number of imide groups is 1. The van der Waals surface area contributed by atoms with Gasteiger partial charge in [0.05, 0.1) is 6.04 Å². The zero-order valence-electron chi connectivity index (χ0n) is 11.6. The number of hydrogen-bond donors (Lipinski definition) is 1. The molecule has 5 nitrogen and oxygen atoms in total. The van der Waals surface area contributed by atoms with Crippen molar-refractivity contribution in [2.75, 3.05) is 7.05 Å². The monoisotopic (exact) mass is 244 g/mol. The molecule has 0 aliphatic rings. The van der Waals surface area contributed by atoms with E-state index in [1.165, 1.54) is 7.05 Å². The number of ether oxygens (including phenoxy) is 1. The normalized spacial score (nSPS) is 13.4. The average molecular weight is 244 g/mol. The third-order valence-electron chi connectivity index (χ3n) is 2.04. The summed E-state index contributed by atoms with van der Waals surface area (Å²) in [6.07, 6.45) is -0.117. The molecule has 0 saturated heterocycles. The quantitative estimate of drug-likeness (QED) is 0.821. The van der Waals surface area contributed by atoms with Gasteiger partial charge in [0.1, 0.15) is 5.60 Å². The van der Waals surface area contributed by atoms with Crippen molar-refractivity contribution in [3.05, 3.63) is 0 Å². The number of nitrogens with two attached hydrogens (primary N) is 1. The molecule has 0 spiro atoms. The summed E-state index contributed by atoms with van der Waals surface area (Å²) in [7, 11) is 1.39. The number of rotatable bonds is 3. The first kappa shape index (κ1) is 15.9. The number of likely N-dealkylation sites (N-methyl/N-ethyl adjacent to an activating group) is 1. The summed E-state index contributed by atoms with van der Waals surface area (Å²) in [6, 6.07) is -0.660. The fourth-order valence-corrected chi connectivity index (χ4v) is 1.28. The van der Waals surface area contributed by atoms with Gasteiger partial charge in [0.25, 0.3) is 0 Å². The standard InChI is InChI=1S/C12H24N2O3/c1-8(2)7-9(13)10(15)14(6)11(16)17-12(3,4)5/h8-9H,7,13H2,1-6H3/t9-/m0/s1. The highest BCUT2D eigenvalue weighted by molar-refractivity contribution is 5.94. The summed E-state index contributed by atoms with van der Waals surface area (Å²) in [5.41, 5.74) is 5.10. The number of carbonyl (C=O) groups excluding carboxylic acids is 2. The van der Waals surface area contributed by atoms with Crippen molar-refractivity contribution >= 4 is 12.0 Å². The van der Waals surface area contributed by atoms with E-state index in [1.54, 1.807) is 20.8 Å². The van der Waals surface area contributed by atoms with Crippen molar-refractivity contribution in [2.24, 2.45) is 11.7 Å². The van der Waals surface area contributed by atoms with E-state index in [-0.39, 0.29) is 0 Å². The predicted octanol–water partition coefficient (Wildman–Crippen LogP) is 1.75. The van der Waals surface area contributed by atoms with Crippen LogP contribution in [-0.4, -0.2) is 35.6 Å². The second-order valence-corrected chi connectivity index (χ2v) is 5.61. The number of amides is 2. The first-order chi connectivity index (χ1) is 7.54. The Morgan fingerprint density at radius 1 is 1.29 bits per heavy atom. The SMILES string of the molecule is CC(C)C[C@H](N)C(=O)N(C)C(=O)OC(C)(C)C. The third-order valence-corrected chi connectivity index (χ3v) is 2.04. The molecular formula is C12H24N2O3. The van der Waals surface area contributed by atoms with Crippen LogP contribution >= 0.6 is 0 Å². The van der Waals surface area contributed by atoms with Crippen LogP contribution in [0.3, 0.4) is 0 Å². The summed E-state index contributed by atoms with van der Waals surface area (Å²) in [5.74, 6) is -0.103. The molecule has 17 heavy (non-hydrogen) atoms. The lowest BCUT2D eigenvalue weighted by atomic mass is 10.0. The van der Waals surface area contributed by atoms with Crippen LogP contribution in [0.2, 0.25) is 0 Å². The van der Waals surface area contributed by atoms with E-state index in [4.69, 9.17) is 10.5 Å². The van der Waals surface area contributed by atoms with Crippen LogP contribution in [0.15, 0.2) is 0 Å². The van der Waals surface area contributed by atoms with Crippen molar-refractivity contribution in [3.8, 4) is 0 Å². The van der Waals surface area contributed by atoms with Gasteiger partial charge in [0.2, 0.25) is 5.91 Å². The molecule has 0 bridgehead atoms. The highest BCUT2D eigenvalue weighted by atomic mass is 16.6. The highest BCUT2D eigenvalue weighted by Crippen LogP contribution is 2.11. The Labute approximate surface area is 103 Å². The molecule has 0 heterocycles. The van der Waals surface area contributed by atoms with Gasteiger partial charge in [-0.1, -0.05) is 13.8 Å². The smallest absolute Gasteiger partial charge is 0.416 e. The van der Waals surface area contributed by atoms with Gasteiger partial charge in [-0.2, -0.15) is 0 Å². The maximum atomic E-state index is 11.8. The van der Waals surface area contributed by atoms with Gasteiger partial charge in [-0.15, -0.1) is 0 Å². The molecule has 0 aromatic heterocycles. The lowest BCUT2D eigenvalue weighted by Crippen LogP contribution is -2.46. The zero-order chi connectivity index (χ0) is 13.8. The number of hydrogen-bond acceptors (Lipinski definition) is 4. The van der Waals surface area contributed by atoms with Gasteiger partial charge in [-0.05, 0) is 33.1 Å². The average Bonchev–Trinajstić information content (AvgIpc) is 2.11. The van der Waals surface area contributed by atoms with Gasteiger partial charge in [0, 0.05) is 7.05 Å². The van der Waals surface area contributed by atoms with Crippen LogP contribution in [0, 0.1) is 5.92 Å². The Kier molecular flexibility index (Phi) is 5.61. The van der Waals surface area contributed by atoms with E-state index >= 15 is 0 Å². The van der Waals surface area contributed by atoms with Crippen molar-refractivity contribution in [1.82, 2.24) is 4.90 Å². The Morgan fingerprint density at radius 2 is 1.76 bits per heavy atom. The molecule has 0 unspecified atom stereocenters. The minimum atomic E-state index is -0.665. The highest BCUT2D eigenvalue weighted by Gasteiger charge is 2.27. The zero-order valence-corrected chi connectivity index (χ0v) is 11.6. The lowest BCUT2D eigenvalue weighted by Gasteiger charge is -2.25. The van der Waals surface area contributed by atoms with Crippen LogP contribution in [0.1, 0.15) is 41.0 Å². The molecule has 5 heteroatoms. The van der Waals surface area contributed by atoms with Gasteiger partial charge < -0.3 is 10.5 Å². The Balaban J connectivity index is 4.44. The number of carbonyl (C=O) groups is 2. The van der Waals surface area contributed by atoms with Crippen LogP contribution < -0.4 is 5.73 Å². The van der Waals surface area contributed by atoms with Crippen LogP contribution in [0.4, 0.5) is 4.79 Å². The molecule has 0 fully saturated rings. The summed E-state index contributed by atoms with van der Waals surface area (Å²) >= 11 is 0. The van der Waals surface area contributed by atoms with Gasteiger partial charge in [-0.25, -0.2) is 9.69 Å². The minimum Gasteiger partial charge on any atom is -0.443 e. The van der Waals surface area contributed by atoms with E-state index in [9.17, 15) is 9.59 Å². The predicted molar refractivity (Wildman–Crippen MR) is 66.4 cm³/mol. The summed E-state index contributed by atoms with van der Waals surface area (Å²) in [5, 5.41) is 0. The minimum absolute atomic E-state index is 0.306. The van der Waals surface area contributed by atoms with E-state index in [0.717, 1.165) is 4.90 Å². The first-order valence-corrected chi connectivity index (χ1v) is 5.80. The van der Waals surface area contributed by atoms with Crippen molar-refractivity contribution in [3.63, 3.8) is 0 Å². The fraction of sp³-hybridized carbons (Fsp3) is 0.833. The molecular weight excluding hydrogens is 220 g/mol. The van der Waals surface area contributed by atoms with Crippen LogP contribution in [0.5, 0.6) is 0 Å². The lowest BCUT2D eigenvalue weighted by molar-refractivity contribution is -0.130. The maximum absolute atomic E-state index is 11.8.